The van der Waals surface area contributed by atoms with Crippen molar-refractivity contribution in [1.29, 1.82) is 0 Å². The lowest BCUT2D eigenvalue weighted by molar-refractivity contribution is -0.128. The van der Waals surface area contributed by atoms with E-state index in [2.05, 4.69) is 13.8 Å². The van der Waals surface area contributed by atoms with E-state index in [0.29, 0.717) is 38.0 Å². The van der Waals surface area contributed by atoms with Gasteiger partial charge in [-0.05, 0) is 17.9 Å². The topological polar surface area (TPSA) is 55.6 Å². The zero-order chi connectivity index (χ0) is 14.5. The SMILES string of the molecule is CC(C)C1CC(=O)N(CCOc2ccccc2CN)C1. The lowest BCUT2D eigenvalue weighted by atomic mass is 9.95. The third-order valence-electron chi connectivity index (χ3n) is 4.00. The molecule has 0 saturated carbocycles. The highest BCUT2D eigenvalue weighted by Gasteiger charge is 2.30. The summed E-state index contributed by atoms with van der Waals surface area (Å²) >= 11 is 0. The minimum atomic E-state index is 0.249. The third kappa shape index (κ3) is 3.51. The zero-order valence-corrected chi connectivity index (χ0v) is 12.3. The average Bonchev–Trinajstić information content (AvgIpc) is 2.81. The molecule has 1 atom stereocenters. The molecule has 1 aromatic rings. The van der Waals surface area contributed by atoms with Gasteiger partial charge in [0.1, 0.15) is 12.4 Å². The summed E-state index contributed by atoms with van der Waals surface area (Å²) in [5, 5.41) is 0. The number of likely N-dealkylation sites (tertiary alicyclic amines) is 1. The van der Waals surface area contributed by atoms with Crippen LogP contribution in [0.15, 0.2) is 24.3 Å². The van der Waals surface area contributed by atoms with E-state index in [1.54, 1.807) is 0 Å². The van der Waals surface area contributed by atoms with Gasteiger partial charge in [0.25, 0.3) is 0 Å². The van der Waals surface area contributed by atoms with E-state index in [-0.39, 0.29) is 5.91 Å². The van der Waals surface area contributed by atoms with Crippen molar-refractivity contribution in [2.75, 3.05) is 19.7 Å². The van der Waals surface area contributed by atoms with Crippen LogP contribution in [-0.2, 0) is 11.3 Å². The monoisotopic (exact) mass is 276 g/mol. The molecule has 1 aliphatic rings. The lowest BCUT2D eigenvalue weighted by Gasteiger charge is -2.19. The summed E-state index contributed by atoms with van der Waals surface area (Å²) in [6, 6.07) is 7.77. The summed E-state index contributed by atoms with van der Waals surface area (Å²) in [5.41, 5.74) is 6.67. The predicted molar refractivity (Wildman–Crippen MR) is 79.4 cm³/mol. The molecule has 0 aliphatic carbocycles. The largest absolute Gasteiger partial charge is 0.491 e. The van der Waals surface area contributed by atoms with Gasteiger partial charge in [-0.15, -0.1) is 0 Å². The van der Waals surface area contributed by atoms with Crippen molar-refractivity contribution >= 4 is 5.91 Å². The molecule has 1 heterocycles. The number of rotatable bonds is 6. The van der Waals surface area contributed by atoms with Gasteiger partial charge < -0.3 is 15.4 Å². The Hall–Kier alpha value is -1.55. The highest BCUT2D eigenvalue weighted by molar-refractivity contribution is 5.78. The maximum atomic E-state index is 11.9. The van der Waals surface area contributed by atoms with E-state index in [4.69, 9.17) is 10.5 Å². The van der Waals surface area contributed by atoms with Crippen molar-refractivity contribution in [2.24, 2.45) is 17.6 Å². The maximum absolute atomic E-state index is 11.9. The Labute approximate surface area is 120 Å². The van der Waals surface area contributed by atoms with Crippen LogP contribution in [0.2, 0.25) is 0 Å². The zero-order valence-electron chi connectivity index (χ0n) is 12.3. The number of benzene rings is 1. The summed E-state index contributed by atoms with van der Waals surface area (Å²) < 4.78 is 5.76. The summed E-state index contributed by atoms with van der Waals surface area (Å²) in [5.74, 6) is 2.11. The van der Waals surface area contributed by atoms with Gasteiger partial charge in [-0.3, -0.25) is 4.79 Å². The number of hydrogen-bond acceptors (Lipinski definition) is 3. The molecule has 4 heteroatoms. The van der Waals surface area contributed by atoms with Crippen molar-refractivity contribution in [2.45, 2.75) is 26.8 Å². The number of nitrogens with two attached hydrogens (primary N) is 1. The Kier molecular flexibility index (Phi) is 5.01. The van der Waals surface area contributed by atoms with Crippen LogP contribution in [0.5, 0.6) is 5.75 Å². The lowest BCUT2D eigenvalue weighted by Crippen LogP contribution is -2.30. The Balaban J connectivity index is 1.83. The Morgan fingerprint density at radius 1 is 1.40 bits per heavy atom. The molecule has 1 unspecified atom stereocenters. The molecule has 1 fully saturated rings. The van der Waals surface area contributed by atoms with Gasteiger partial charge >= 0.3 is 0 Å². The minimum Gasteiger partial charge on any atom is -0.491 e. The first kappa shape index (κ1) is 14.9. The molecule has 110 valence electrons. The second kappa shape index (κ2) is 6.75. The van der Waals surface area contributed by atoms with Gasteiger partial charge in [-0.2, -0.15) is 0 Å². The second-order valence-electron chi connectivity index (χ2n) is 5.71. The summed E-state index contributed by atoms with van der Waals surface area (Å²) in [6.45, 7) is 6.85. The fourth-order valence-corrected chi connectivity index (χ4v) is 2.54. The van der Waals surface area contributed by atoms with Gasteiger partial charge in [0.15, 0.2) is 0 Å². The predicted octanol–water partition coefficient (Wildman–Crippen LogP) is 2.03. The molecule has 20 heavy (non-hydrogen) atoms. The van der Waals surface area contributed by atoms with Crippen LogP contribution >= 0.6 is 0 Å². The van der Waals surface area contributed by atoms with E-state index >= 15 is 0 Å². The highest BCUT2D eigenvalue weighted by atomic mass is 16.5. The Bertz CT molecular complexity index is 460. The third-order valence-corrected chi connectivity index (χ3v) is 4.00. The number of amides is 1. The summed E-state index contributed by atoms with van der Waals surface area (Å²) in [4.78, 5) is 13.8. The van der Waals surface area contributed by atoms with Gasteiger partial charge in [-0.25, -0.2) is 0 Å². The van der Waals surface area contributed by atoms with Crippen molar-refractivity contribution < 1.29 is 9.53 Å². The van der Waals surface area contributed by atoms with Crippen LogP contribution in [0.4, 0.5) is 0 Å². The molecule has 1 aromatic carbocycles. The van der Waals surface area contributed by atoms with Crippen molar-refractivity contribution in [3.8, 4) is 5.75 Å². The summed E-state index contributed by atoms with van der Waals surface area (Å²) in [6.07, 6.45) is 0.678. The minimum absolute atomic E-state index is 0.249. The number of carbonyl (C=O) groups excluding carboxylic acids is 1. The molecule has 0 aromatic heterocycles. The van der Waals surface area contributed by atoms with Gasteiger partial charge in [0, 0.05) is 25.1 Å². The molecule has 2 rings (SSSR count). The maximum Gasteiger partial charge on any atom is 0.223 e. The van der Waals surface area contributed by atoms with Crippen LogP contribution in [0.1, 0.15) is 25.8 Å². The normalized spacial score (nSPS) is 18.9. The van der Waals surface area contributed by atoms with Gasteiger partial charge in [0.2, 0.25) is 5.91 Å². The molecule has 0 spiro atoms. The van der Waals surface area contributed by atoms with Crippen LogP contribution < -0.4 is 10.5 Å². The van der Waals surface area contributed by atoms with E-state index < -0.39 is 0 Å². The van der Waals surface area contributed by atoms with Crippen molar-refractivity contribution in [3.05, 3.63) is 29.8 Å². The number of nitrogens with zero attached hydrogens (tertiary/aromatic N) is 1. The van der Waals surface area contributed by atoms with Crippen LogP contribution in [0.3, 0.4) is 0 Å². The van der Waals surface area contributed by atoms with Crippen LogP contribution in [0, 0.1) is 11.8 Å². The van der Waals surface area contributed by atoms with E-state index in [0.717, 1.165) is 17.9 Å². The molecule has 1 amide bonds. The van der Waals surface area contributed by atoms with E-state index in [1.807, 2.05) is 29.2 Å². The fourth-order valence-electron chi connectivity index (χ4n) is 2.54. The molecular weight excluding hydrogens is 252 g/mol. The van der Waals surface area contributed by atoms with Gasteiger partial charge in [0.05, 0.1) is 6.54 Å². The molecule has 4 nitrogen and oxygen atoms in total. The quantitative estimate of drug-likeness (QED) is 0.865. The van der Waals surface area contributed by atoms with Crippen molar-refractivity contribution in [1.82, 2.24) is 4.90 Å². The molecule has 0 bridgehead atoms. The average molecular weight is 276 g/mol. The molecule has 2 N–H and O–H groups in total. The molecular formula is C16H24N2O2. The van der Waals surface area contributed by atoms with E-state index in [1.165, 1.54) is 0 Å². The number of ether oxygens (including phenoxy) is 1. The number of hydrogen-bond donors (Lipinski definition) is 1. The smallest absolute Gasteiger partial charge is 0.223 e. The first-order chi connectivity index (χ1) is 9.61. The van der Waals surface area contributed by atoms with Crippen LogP contribution in [0.25, 0.3) is 0 Å². The molecule has 1 saturated heterocycles. The fraction of sp³-hybridized carbons (Fsp3) is 0.562. The second-order valence-corrected chi connectivity index (χ2v) is 5.71. The first-order valence-corrected chi connectivity index (χ1v) is 7.30. The van der Waals surface area contributed by atoms with E-state index in [9.17, 15) is 4.79 Å². The Morgan fingerprint density at radius 2 is 2.15 bits per heavy atom. The molecule has 0 radical (unpaired) electrons. The Morgan fingerprint density at radius 3 is 2.80 bits per heavy atom. The molecule has 1 aliphatic heterocycles. The highest BCUT2D eigenvalue weighted by Crippen LogP contribution is 2.24. The standard InChI is InChI=1S/C16H24N2O2/c1-12(2)14-9-16(19)18(11-14)7-8-20-15-6-4-3-5-13(15)10-17/h3-6,12,14H,7-11,17H2,1-2H3. The van der Waals surface area contributed by atoms with Gasteiger partial charge in [-0.1, -0.05) is 32.0 Å². The first-order valence-electron chi connectivity index (χ1n) is 7.30. The number of para-hydroxylation sites is 1. The summed E-state index contributed by atoms with van der Waals surface area (Å²) in [7, 11) is 0. The van der Waals surface area contributed by atoms with Crippen LogP contribution in [-0.4, -0.2) is 30.5 Å². The number of carbonyl (C=O) groups is 1. The van der Waals surface area contributed by atoms with Crippen molar-refractivity contribution in [3.63, 3.8) is 0 Å².